The van der Waals surface area contributed by atoms with Gasteiger partial charge in [0.15, 0.2) is 0 Å². The van der Waals surface area contributed by atoms with Gasteiger partial charge in [-0.05, 0) is 30.3 Å². The van der Waals surface area contributed by atoms with Gasteiger partial charge in [-0.3, -0.25) is 9.78 Å². The quantitative estimate of drug-likeness (QED) is 0.784. The van der Waals surface area contributed by atoms with E-state index in [0.717, 1.165) is 10.2 Å². The molecule has 0 aliphatic carbocycles. The summed E-state index contributed by atoms with van der Waals surface area (Å²) in [6, 6.07) is 8.72. The number of halogens is 1. The lowest BCUT2D eigenvalue weighted by molar-refractivity contribution is 0.102. The van der Waals surface area contributed by atoms with Crippen LogP contribution in [0.1, 0.15) is 10.5 Å². The molecule has 0 radical (unpaired) electrons. The van der Waals surface area contributed by atoms with Crippen LogP contribution in [0.2, 0.25) is 5.02 Å². The maximum Gasteiger partial charge on any atom is 0.274 e. The van der Waals surface area contributed by atoms with Crippen LogP contribution in [0, 0.1) is 0 Å². The van der Waals surface area contributed by atoms with Crippen LogP contribution in [0.4, 0.5) is 5.69 Å². The molecule has 4 nitrogen and oxygen atoms in total. The summed E-state index contributed by atoms with van der Waals surface area (Å²) >= 11 is 7.36. The van der Waals surface area contributed by atoms with E-state index < -0.39 is 0 Å². The number of hydrogen-bond acceptors (Lipinski definition) is 4. The first kappa shape index (κ1) is 12.1. The first-order valence-corrected chi connectivity index (χ1v) is 6.74. The Morgan fingerprint density at radius 3 is 2.95 bits per heavy atom. The van der Waals surface area contributed by atoms with E-state index in [0.29, 0.717) is 10.7 Å². The molecule has 94 valence electrons. The Bertz CT molecular complexity index is 756. The van der Waals surface area contributed by atoms with Crippen molar-refractivity contribution in [3.63, 3.8) is 0 Å². The van der Waals surface area contributed by atoms with Crippen LogP contribution >= 0.6 is 22.9 Å². The standard InChI is InChI=1S/C13H8ClN3OS/c14-8-3-4-15-11(5-8)13(18)17-9-1-2-10-12(6-9)19-7-16-10/h1-7H,(H,17,18). The number of benzene rings is 1. The molecular weight excluding hydrogens is 282 g/mol. The largest absolute Gasteiger partial charge is 0.321 e. The number of carbonyl (C=O) groups is 1. The fourth-order valence-electron chi connectivity index (χ4n) is 1.66. The number of nitrogens with one attached hydrogen (secondary N) is 1. The van der Waals surface area contributed by atoms with Crippen molar-refractivity contribution < 1.29 is 4.79 Å². The molecular formula is C13H8ClN3OS. The van der Waals surface area contributed by atoms with Crippen LogP contribution in [-0.4, -0.2) is 15.9 Å². The molecule has 2 heterocycles. The van der Waals surface area contributed by atoms with E-state index in [1.807, 2.05) is 18.2 Å². The lowest BCUT2D eigenvalue weighted by Gasteiger charge is -2.04. The minimum absolute atomic E-state index is 0.286. The van der Waals surface area contributed by atoms with Crippen molar-refractivity contribution in [2.24, 2.45) is 0 Å². The summed E-state index contributed by atoms with van der Waals surface area (Å²) in [6.45, 7) is 0. The summed E-state index contributed by atoms with van der Waals surface area (Å²) in [5, 5.41) is 3.27. The highest BCUT2D eigenvalue weighted by molar-refractivity contribution is 7.16. The Balaban J connectivity index is 1.86. The predicted octanol–water partition coefficient (Wildman–Crippen LogP) is 3.60. The number of nitrogens with zero attached hydrogens (tertiary/aromatic N) is 2. The molecule has 19 heavy (non-hydrogen) atoms. The molecule has 0 aliphatic rings. The predicted molar refractivity (Wildman–Crippen MR) is 76.8 cm³/mol. The average molecular weight is 290 g/mol. The number of fused-ring (bicyclic) bond motifs is 1. The Morgan fingerprint density at radius 1 is 1.21 bits per heavy atom. The van der Waals surface area contributed by atoms with Crippen LogP contribution in [0.3, 0.4) is 0 Å². The van der Waals surface area contributed by atoms with Crippen LogP contribution in [0.15, 0.2) is 42.0 Å². The van der Waals surface area contributed by atoms with Gasteiger partial charge in [-0.25, -0.2) is 4.98 Å². The SMILES string of the molecule is O=C(Nc1ccc2ncsc2c1)c1cc(Cl)ccn1. The third kappa shape index (κ3) is 2.57. The van der Waals surface area contributed by atoms with Gasteiger partial charge in [0.2, 0.25) is 0 Å². The van der Waals surface area contributed by atoms with E-state index in [1.165, 1.54) is 23.6 Å². The lowest BCUT2D eigenvalue weighted by Crippen LogP contribution is -2.13. The van der Waals surface area contributed by atoms with Gasteiger partial charge >= 0.3 is 0 Å². The summed E-state index contributed by atoms with van der Waals surface area (Å²) in [6.07, 6.45) is 1.50. The van der Waals surface area contributed by atoms with Crippen LogP contribution < -0.4 is 5.32 Å². The number of anilines is 1. The number of thiazole rings is 1. The maximum absolute atomic E-state index is 12.0. The van der Waals surface area contributed by atoms with Crippen molar-refractivity contribution >= 4 is 44.7 Å². The van der Waals surface area contributed by atoms with E-state index in [2.05, 4.69) is 15.3 Å². The first-order chi connectivity index (χ1) is 9.22. The molecule has 0 aliphatic heterocycles. The second-order valence-electron chi connectivity index (χ2n) is 3.85. The molecule has 0 atom stereocenters. The average Bonchev–Trinajstić information content (AvgIpc) is 2.86. The third-order valence-electron chi connectivity index (χ3n) is 2.54. The second-order valence-corrected chi connectivity index (χ2v) is 5.17. The van der Waals surface area contributed by atoms with Gasteiger partial charge in [0.05, 0.1) is 15.7 Å². The monoisotopic (exact) mass is 289 g/mol. The van der Waals surface area contributed by atoms with E-state index in [4.69, 9.17) is 11.6 Å². The van der Waals surface area contributed by atoms with Crippen molar-refractivity contribution in [2.45, 2.75) is 0 Å². The normalized spacial score (nSPS) is 10.6. The van der Waals surface area contributed by atoms with Crippen LogP contribution in [0.5, 0.6) is 0 Å². The molecule has 1 aromatic carbocycles. The number of rotatable bonds is 2. The van der Waals surface area contributed by atoms with E-state index in [-0.39, 0.29) is 11.6 Å². The van der Waals surface area contributed by atoms with Crippen molar-refractivity contribution in [2.75, 3.05) is 5.32 Å². The minimum atomic E-state index is -0.286. The van der Waals surface area contributed by atoms with Gasteiger partial charge in [0.1, 0.15) is 5.69 Å². The zero-order valence-electron chi connectivity index (χ0n) is 9.63. The molecule has 3 aromatic rings. The van der Waals surface area contributed by atoms with Gasteiger partial charge in [-0.1, -0.05) is 11.6 Å². The topological polar surface area (TPSA) is 54.9 Å². The highest BCUT2D eigenvalue weighted by atomic mass is 35.5. The van der Waals surface area contributed by atoms with Crippen LogP contribution in [-0.2, 0) is 0 Å². The summed E-state index contributed by atoms with van der Waals surface area (Å²) in [5.74, 6) is -0.286. The summed E-state index contributed by atoms with van der Waals surface area (Å²) in [4.78, 5) is 20.2. The number of amides is 1. The third-order valence-corrected chi connectivity index (χ3v) is 3.57. The first-order valence-electron chi connectivity index (χ1n) is 5.48. The van der Waals surface area contributed by atoms with E-state index in [9.17, 15) is 4.79 Å². The van der Waals surface area contributed by atoms with Crippen molar-refractivity contribution in [3.8, 4) is 0 Å². The van der Waals surface area contributed by atoms with E-state index in [1.54, 1.807) is 11.6 Å². The molecule has 3 rings (SSSR count). The fourth-order valence-corrected chi connectivity index (χ4v) is 2.53. The summed E-state index contributed by atoms with van der Waals surface area (Å²) in [7, 11) is 0. The number of carbonyl (C=O) groups excluding carboxylic acids is 1. The fraction of sp³-hybridized carbons (Fsp3) is 0. The number of hydrogen-bond donors (Lipinski definition) is 1. The van der Waals surface area contributed by atoms with Gasteiger partial charge in [0.25, 0.3) is 5.91 Å². The smallest absolute Gasteiger partial charge is 0.274 e. The van der Waals surface area contributed by atoms with Crippen molar-refractivity contribution in [3.05, 3.63) is 52.8 Å². The van der Waals surface area contributed by atoms with Crippen molar-refractivity contribution in [1.82, 2.24) is 9.97 Å². The molecule has 0 fully saturated rings. The molecule has 0 saturated carbocycles. The van der Waals surface area contributed by atoms with Gasteiger partial charge in [-0.2, -0.15) is 0 Å². The number of aromatic nitrogens is 2. The Kier molecular flexibility index (Phi) is 3.15. The Hall–Kier alpha value is -1.98. The maximum atomic E-state index is 12.0. The Labute approximate surface area is 118 Å². The minimum Gasteiger partial charge on any atom is -0.321 e. The zero-order chi connectivity index (χ0) is 13.2. The molecule has 0 unspecified atom stereocenters. The van der Waals surface area contributed by atoms with Gasteiger partial charge in [0, 0.05) is 16.9 Å². The number of pyridine rings is 1. The highest BCUT2D eigenvalue weighted by Crippen LogP contribution is 2.22. The molecule has 1 amide bonds. The summed E-state index contributed by atoms with van der Waals surface area (Å²) < 4.78 is 1.02. The molecule has 0 bridgehead atoms. The lowest BCUT2D eigenvalue weighted by atomic mass is 10.2. The molecule has 0 saturated heterocycles. The molecule has 1 N–H and O–H groups in total. The molecule has 2 aromatic heterocycles. The van der Waals surface area contributed by atoms with E-state index >= 15 is 0 Å². The molecule has 0 spiro atoms. The van der Waals surface area contributed by atoms with Crippen molar-refractivity contribution in [1.29, 1.82) is 0 Å². The van der Waals surface area contributed by atoms with Gasteiger partial charge < -0.3 is 5.32 Å². The second kappa shape index (κ2) is 4.95. The van der Waals surface area contributed by atoms with Gasteiger partial charge in [-0.15, -0.1) is 11.3 Å². The zero-order valence-corrected chi connectivity index (χ0v) is 11.2. The van der Waals surface area contributed by atoms with Crippen LogP contribution in [0.25, 0.3) is 10.2 Å². The summed E-state index contributed by atoms with van der Waals surface area (Å²) in [5.41, 5.74) is 3.69. The molecule has 6 heteroatoms. The highest BCUT2D eigenvalue weighted by Gasteiger charge is 2.08. The Morgan fingerprint density at radius 2 is 2.11 bits per heavy atom.